The van der Waals surface area contributed by atoms with Gasteiger partial charge in [0, 0.05) is 0 Å². The zero-order chi connectivity index (χ0) is 11.0. The SMILES string of the molecule is O=c1[nH]cnc2cc(Cl)c(N(O)O)cc12. The molecule has 1 aromatic carbocycles. The van der Waals surface area contributed by atoms with Crippen molar-refractivity contribution in [2.45, 2.75) is 0 Å². The van der Waals surface area contributed by atoms with Crippen LogP contribution in [0.1, 0.15) is 0 Å². The predicted molar refractivity (Wildman–Crippen MR) is 53.4 cm³/mol. The van der Waals surface area contributed by atoms with Crippen molar-refractivity contribution in [1.82, 2.24) is 9.97 Å². The van der Waals surface area contributed by atoms with E-state index in [2.05, 4.69) is 9.97 Å². The van der Waals surface area contributed by atoms with Crippen molar-refractivity contribution in [3.63, 3.8) is 0 Å². The molecule has 0 saturated carbocycles. The molecule has 6 nitrogen and oxygen atoms in total. The number of benzene rings is 1. The van der Waals surface area contributed by atoms with Crippen molar-refractivity contribution in [2.24, 2.45) is 0 Å². The lowest BCUT2D eigenvalue weighted by Gasteiger charge is -2.10. The fraction of sp³-hybridized carbons (Fsp3) is 0. The summed E-state index contributed by atoms with van der Waals surface area (Å²) in [5.41, 5.74) is -0.0724. The molecule has 78 valence electrons. The number of aromatic amines is 1. The third-order valence-corrected chi connectivity index (χ3v) is 2.23. The van der Waals surface area contributed by atoms with Crippen LogP contribution in [0.2, 0.25) is 5.02 Å². The van der Waals surface area contributed by atoms with Gasteiger partial charge in [-0.25, -0.2) is 4.98 Å². The molecule has 0 atom stereocenters. The van der Waals surface area contributed by atoms with Crippen LogP contribution in [0.5, 0.6) is 0 Å². The van der Waals surface area contributed by atoms with Gasteiger partial charge in [-0.1, -0.05) is 11.6 Å². The normalized spacial score (nSPS) is 10.6. The summed E-state index contributed by atoms with van der Waals surface area (Å²) in [6.45, 7) is 0. The van der Waals surface area contributed by atoms with Crippen LogP contribution in [0.25, 0.3) is 10.9 Å². The van der Waals surface area contributed by atoms with E-state index in [4.69, 9.17) is 22.0 Å². The van der Waals surface area contributed by atoms with Crippen molar-refractivity contribution in [3.8, 4) is 0 Å². The van der Waals surface area contributed by atoms with Gasteiger partial charge in [0.2, 0.25) is 0 Å². The minimum Gasteiger partial charge on any atom is -0.313 e. The molecule has 2 rings (SSSR count). The van der Waals surface area contributed by atoms with Crippen LogP contribution in [0.3, 0.4) is 0 Å². The highest BCUT2D eigenvalue weighted by Gasteiger charge is 2.09. The molecule has 1 heterocycles. The Kier molecular flexibility index (Phi) is 2.31. The highest BCUT2D eigenvalue weighted by Crippen LogP contribution is 2.26. The van der Waals surface area contributed by atoms with Crippen LogP contribution in [0.15, 0.2) is 23.3 Å². The van der Waals surface area contributed by atoms with Gasteiger partial charge in [-0.05, 0) is 12.1 Å². The zero-order valence-corrected chi connectivity index (χ0v) is 8.06. The molecule has 0 amide bonds. The molecule has 0 fully saturated rings. The average molecular weight is 228 g/mol. The van der Waals surface area contributed by atoms with Crippen molar-refractivity contribution in [1.29, 1.82) is 0 Å². The van der Waals surface area contributed by atoms with E-state index in [1.165, 1.54) is 18.5 Å². The molecule has 0 aliphatic heterocycles. The first-order chi connectivity index (χ1) is 7.09. The summed E-state index contributed by atoms with van der Waals surface area (Å²) in [6.07, 6.45) is 1.25. The number of halogens is 1. The summed E-state index contributed by atoms with van der Waals surface area (Å²) in [6, 6.07) is 2.62. The Bertz CT molecular complexity index is 567. The van der Waals surface area contributed by atoms with E-state index in [9.17, 15) is 4.79 Å². The van der Waals surface area contributed by atoms with Crippen LogP contribution in [0, 0.1) is 0 Å². The lowest BCUT2D eigenvalue weighted by atomic mass is 10.2. The van der Waals surface area contributed by atoms with Crippen LogP contribution < -0.4 is 10.8 Å². The first kappa shape index (κ1) is 9.91. The Morgan fingerprint density at radius 2 is 2.13 bits per heavy atom. The van der Waals surface area contributed by atoms with Crippen molar-refractivity contribution >= 4 is 28.2 Å². The van der Waals surface area contributed by atoms with Gasteiger partial charge in [0.1, 0.15) is 5.69 Å². The summed E-state index contributed by atoms with van der Waals surface area (Å²) in [5.74, 6) is 0. The van der Waals surface area contributed by atoms with Gasteiger partial charge in [0.25, 0.3) is 5.56 Å². The molecule has 0 unspecified atom stereocenters. The Labute approximate surface area is 88.3 Å². The van der Waals surface area contributed by atoms with Crippen LogP contribution in [0.4, 0.5) is 5.69 Å². The van der Waals surface area contributed by atoms with Crippen molar-refractivity contribution in [3.05, 3.63) is 33.8 Å². The molecular formula is C8H6ClN3O3. The maximum absolute atomic E-state index is 11.3. The van der Waals surface area contributed by atoms with Crippen LogP contribution in [-0.4, -0.2) is 20.4 Å². The quantitative estimate of drug-likeness (QED) is 0.636. The van der Waals surface area contributed by atoms with Gasteiger partial charge >= 0.3 is 0 Å². The standard InChI is InChI=1S/C8H6ClN3O3/c9-5-2-6-4(1-7(5)12(14)15)8(13)11-3-10-6/h1-3,14-15H,(H,10,11,13). The Balaban J connectivity index is 2.84. The fourth-order valence-corrected chi connectivity index (χ4v) is 1.46. The van der Waals surface area contributed by atoms with E-state index < -0.39 is 0 Å². The molecule has 0 spiro atoms. The second-order valence-electron chi connectivity index (χ2n) is 2.84. The largest absolute Gasteiger partial charge is 0.313 e. The molecule has 1 aromatic heterocycles. The molecular weight excluding hydrogens is 222 g/mol. The number of fused-ring (bicyclic) bond motifs is 1. The number of hydrogen-bond donors (Lipinski definition) is 3. The van der Waals surface area contributed by atoms with Crippen molar-refractivity contribution < 1.29 is 10.4 Å². The van der Waals surface area contributed by atoms with Crippen LogP contribution in [-0.2, 0) is 0 Å². The van der Waals surface area contributed by atoms with Gasteiger partial charge in [0.15, 0.2) is 0 Å². The highest BCUT2D eigenvalue weighted by molar-refractivity contribution is 6.34. The molecule has 15 heavy (non-hydrogen) atoms. The third-order valence-electron chi connectivity index (χ3n) is 1.92. The summed E-state index contributed by atoms with van der Waals surface area (Å²) >= 11 is 5.74. The topological polar surface area (TPSA) is 89.5 Å². The lowest BCUT2D eigenvalue weighted by molar-refractivity contribution is 0.0293. The van der Waals surface area contributed by atoms with E-state index >= 15 is 0 Å². The minimum atomic E-state index is -0.375. The number of rotatable bonds is 1. The number of H-pyrrole nitrogens is 1. The maximum atomic E-state index is 11.3. The first-order valence-electron chi connectivity index (χ1n) is 3.94. The summed E-state index contributed by atoms with van der Waals surface area (Å²) in [5, 5.41) is 17.8. The Morgan fingerprint density at radius 1 is 1.40 bits per heavy atom. The van der Waals surface area contributed by atoms with Gasteiger partial charge in [-0.15, -0.1) is 5.23 Å². The first-order valence-corrected chi connectivity index (χ1v) is 4.32. The second-order valence-corrected chi connectivity index (χ2v) is 3.25. The van der Waals surface area contributed by atoms with Crippen molar-refractivity contribution in [2.75, 3.05) is 5.23 Å². The minimum absolute atomic E-state index is 0.0809. The summed E-state index contributed by atoms with van der Waals surface area (Å²) in [7, 11) is 0. The molecule has 0 saturated heterocycles. The molecule has 0 radical (unpaired) electrons. The molecule has 2 aromatic rings. The number of aromatic nitrogens is 2. The third kappa shape index (κ3) is 1.65. The molecule has 3 N–H and O–H groups in total. The van der Waals surface area contributed by atoms with Gasteiger partial charge in [-0.3, -0.25) is 15.2 Å². The molecule has 7 heteroatoms. The average Bonchev–Trinajstić information content (AvgIpc) is 2.16. The van der Waals surface area contributed by atoms with Crippen LogP contribution >= 0.6 is 11.6 Å². The van der Waals surface area contributed by atoms with E-state index in [1.54, 1.807) is 0 Å². The van der Waals surface area contributed by atoms with E-state index in [0.717, 1.165) is 0 Å². The Hall–Kier alpha value is -1.63. The smallest absolute Gasteiger partial charge is 0.258 e. The van der Waals surface area contributed by atoms with Gasteiger partial charge < -0.3 is 4.98 Å². The van der Waals surface area contributed by atoms with E-state index in [0.29, 0.717) is 5.52 Å². The second kappa shape index (κ2) is 3.50. The van der Waals surface area contributed by atoms with Gasteiger partial charge in [-0.2, -0.15) is 0 Å². The van der Waals surface area contributed by atoms with E-state index in [-0.39, 0.29) is 26.9 Å². The highest BCUT2D eigenvalue weighted by atomic mass is 35.5. The number of nitrogens with zero attached hydrogens (tertiary/aromatic N) is 2. The van der Waals surface area contributed by atoms with E-state index in [1.807, 2.05) is 0 Å². The predicted octanol–water partition coefficient (Wildman–Crippen LogP) is 1.16. The maximum Gasteiger partial charge on any atom is 0.258 e. The number of anilines is 1. The number of hydrogen-bond acceptors (Lipinski definition) is 5. The monoisotopic (exact) mass is 227 g/mol. The zero-order valence-electron chi connectivity index (χ0n) is 7.31. The summed E-state index contributed by atoms with van der Waals surface area (Å²) < 4.78 is 0. The summed E-state index contributed by atoms with van der Waals surface area (Å²) in [4.78, 5) is 17.6. The van der Waals surface area contributed by atoms with Gasteiger partial charge in [0.05, 0.1) is 22.3 Å². The molecule has 0 aliphatic carbocycles. The molecule has 0 aliphatic rings. The lowest BCUT2D eigenvalue weighted by Crippen LogP contribution is -2.13. The number of nitrogens with one attached hydrogen (secondary N) is 1. The Morgan fingerprint density at radius 3 is 2.80 bits per heavy atom. The fourth-order valence-electron chi connectivity index (χ4n) is 1.23. The molecule has 0 bridgehead atoms.